The molecule has 17 heteroatoms. The summed E-state index contributed by atoms with van der Waals surface area (Å²) in [5, 5.41) is 13.7. The van der Waals surface area contributed by atoms with Crippen molar-refractivity contribution in [3.05, 3.63) is 80.6 Å². The average Bonchev–Trinajstić information content (AvgIpc) is 3.25. The zero-order valence-electron chi connectivity index (χ0n) is 20.4. The van der Waals surface area contributed by atoms with E-state index in [9.17, 15) is 28.3 Å². The molecule has 0 fully saturated rings. The maximum atomic E-state index is 14.8. The Bertz CT molecular complexity index is 1350. The van der Waals surface area contributed by atoms with Crippen LogP contribution in [0, 0.1) is 10.1 Å². The number of benzene rings is 1. The van der Waals surface area contributed by atoms with Crippen LogP contribution in [0.4, 0.5) is 20.5 Å². The summed E-state index contributed by atoms with van der Waals surface area (Å²) in [6, 6.07) is 6.11. The molecule has 0 saturated heterocycles. The van der Waals surface area contributed by atoms with Gasteiger partial charge in [-0.05, 0) is 16.6 Å². The Morgan fingerprint density at radius 3 is 2.58 bits per heavy atom. The predicted octanol–water partition coefficient (Wildman–Crippen LogP) is 2.55. The fraction of sp³-hybridized carbons (Fsp3) is 0.381. The average molecular weight is 557 g/mol. The largest absolute Gasteiger partial charge is 0.434 e. The van der Waals surface area contributed by atoms with Gasteiger partial charge >= 0.3 is 25.4 Å². The van der Waals surface area contributed by atoms with Gasteiger partial charge in [0, 0.05) is 19.9 Å². The highest BCUT2D eigenvalue weighted by molar-refractivity contribution is 7.51. The van der Waals surface area contributed by atoms with Gasteiger partial charge in [-0.1, -0.05) is 35.3 Å². The monoisotopic (exact) mass is 557 g/mol. The fourth-order valence-corrected chi connectivity index (χ4v) is 4.53. The maximum Gasteiger partial charge on any atom is 0.434 e. The van der Waals surface area contributed by atoms with Crippen molar-refractivity contribution in [1.29, 1.82) is 0 Å². The first kappa shape index (κ1) is 29.0. The van der Waals surface area contributed by atoms with E-state index in [1.807, 2.05) is 0 Å². The van der Waals surface area contributed by atoms with Crippen molar-refractivity contribution >= 4 is 19.5 Å². The highest BCUT2D eigenvalue weighted by atomic mass is 31.2. The lowest BCUT2D eigenvalue weighted by Gasteiger charge is -2.25. The van der Waals surface area contributed by atoms with Gasteiger partial charge in [0.25, 0.3) is 0 Å². The molecule has 0 radical (unpaired) electrons. The molecule has 3 aromatic rings. The van der Waals surface area contributed by atoms with Crippen LogP contribution in [0.15, 0.2) is 53.6 Å². The molecule has 38 heavy (non-hydrogen) atoms. The molecular weight excluding hydrogens is 531 g/mol. The lowest BCUT2D eigenvalue weighted by atomic mass is 10.2. The first-order chi connectivity index (χ1) is 17.9. The number of aromatic nitrogens is 4. The van der Waals surface area contributed by atoms with Gasteiger partial charge in [-0.2, -0.15) is 13.8 Å². The molecule has 0 amide bonds. The van der Waals surface area contributed by atoms with E-state index >= 15 is 0 Å². The van der Waals surface area contributed by atoms with Gasteiger partial charge in [-0.15, -0.1) is 0 Å². The van der Waals surface area contributed by atoms with Gasteiger partial charge in [0.2, 0.25) is 0 Å². The zero-order valence-corrected chi connectivity index (χ0v) is 21.3. The predicted molar refractivity (Wildman–Crippen MR) is 130 cm³/mol. The number of ether oxygens (including phenoxy) is 1. The van der Waals surface area contributed by atoms with Crippen LogP contribution < -0.4 is 16.5 Å². The van der Waals surface area contributed by atoms with E-state index in [1.54, 1.807) is 30.3 Å². The number of imidazole rings is 1. The molecule has 2 heterocycles. The highest BCUT2D eigenvalue weighted by Gasteiger charge is 2.38. The fourth-order valence-electron chi connectivity index (χ4n) is 3.23. The number of nitro groups is 1. The number of hydrogen-bond acceptors (Lipinski definition) is 10. The van der Waals surface area contributed by atoms with Crippen molar-refractivity contribution in [3.8, 4) is 0 Å². The summed E-state index contributed by atoms with van der Waals surface area (Å²) in [6.45, 7) is -0.992. The summed E-state index contributed by atoms with van der Waals surface area (Å²) < 4.78 is 60.4. The van der Waals surface area contributed by atoms with Crippen molar-refractivity contribution in [2.45, 2.75) is 31.7 Å². The van der Waals surface area contributed by atoms with Crippen molar-refractivity contribution < 1.29 is 32.1 Å². The smallest absolute Gasteiger partial charge is 0.390 e. The summed E-state index contributed by atoms with van der Waals surface area (Å²) in [5.74, 6) is -0.666. The third-order valence-electron chi connectivity index (χ3n) is 5.34. The Labute approximate surface area is 215 Å². The van der Waals surface area contributed by atoms with Gasteiger partial charge in [-0.3, -0.25) is 9.05 Å². The van der Waals surface area contributed by atoms with Crippen molar-refractivity contribution in [1.82, 2.24) is 24.2 Å². The van der Waals surface area contributed by atoms with Gasteiger partial charge in [0.05, 0.1) is 26.2 Å². The third kappa shape index (κ3) is 7.49. The molecule has 206 valence electrons. The highest BCUT2D eigenvalue weighted by Crippen LogP contribution is 2.45. The zero-order chi connectivity index (χ0) is 27.9. The molecule has 2 aromatic heterocycles. The first-order valence-electron chi connectivity index (χ1n) is 11.0. The van der Waals surface area contributed by atoms with Crippen LogP contribution >= 0.6 is 7.75 Å². The second-order valence-corrected chi connectivity index (χ2v) is 9.81. The molecule has 2 unspecified atom stereocenters. The maximum absolute atomic E-state index is 14.8. The number of rotatable bonds is 14. The molecule has 2 atom stereocenters. The number of nitrogens with zero attached hydrogens (tertiary/aromatic N) is 5. The molecule has 0 aliphatic rings. The van der Waals surface area contributed by atoms with Crippen LogP contribution in [0.1, 0.15) is 17.7 Å². The number of alkyl halides is 2. The number of hydrogen-bond donors (Lipinski definition) is 2. The Hall–Kier alpha value is -3.56. The molecule has 3 N–H and O–H groups in total. The van der Waals surface area contributed by atoms with Crippen molar-refractivity contribution in [3.63, 3.8) is 0 Å². The second-order valence-electron chi connectivity index (χ2n) is 7.99. The normalized spacial score (nSPS) is 14.2. The van der Waals surface area contributed by atoms with Crippen LogP contribution in [0.5, 0.6) is 0 Å². The van der Waals surface area contributed by atoms with E-state index in [1.165, 1.54) is 13.2 Å². The van der Waals surface area contributed by atoms with E-state index in [-0.39, 0.29) is 22.6 Å². The quantitative estimate of drug-likeness (QED) is 0.169. The van der Waals surface area contributed by atoms with Crippen LogP contribution in [0.2, 0.25) is 0 Å². The van der Waals surface area contributed by atoms with E-state index in [2.05, 4.69) is 15.1 Å². The number of methoxy groups -OCH3 is 1. The molecule has 0 aliphatic carbocycles. The number of anilines is 1. The van der Waals surface area contributed by atoms with E-state index in [0.717, 1.165) is 29.5 Å². The van der Waals surface area contributed by atoms with Gasteiger partial charge < -0.3 is 20.6 Å². The SMILES string of the molecule is COC(COP(=O)(NCc1ccccc1)OCc1cnc([N+](=O)[O-])n1C)CC(F)(F)n1ccc(N)nc1=O. The summed E-state index contributed by atoms with van der Waals surface area (Å²) in [7, 11) is -1.66. The minimum atomic E-state index is -4.19. The Morgan fingerprint density at radius 2 is 1.97 bits per heavy atom. The third-order valence-corrected chi connectivity index (χ3v) is 6.84. The minimum absolute atomic E-state index is 0.0317. The topological polar surface area (TPSA) is 179 Å². The van der Waals surface area contributed by atoms with E-state index in [0.29, 0.717) is 0 Å². The van der Waals surface area contributed by atoms with Crippen molar-refractivity contribution in [2.75, 3.05) is 19.5 Å². The molecule has 0 bridgehead atoms. The van der Waals surface area contributed by atoms with E-state index < -0.39 is 56.1 Å². The van der Waals surface area contributed by atoms with Crippen molar-refractivity contribution in [2.24, 2.45) is 7.05 Å². The lowest BCUT2D eigenvalue weighted by molar-refractivity contribution is -0.396. The van der Waals surface area contributed by atoms with Crippen LogP contribution in [0.3, 0.4) is 0 Å². The lowest BCUT2D eigenvalue weighted by Crippen LogP contribution is -2.39. The second kappa shape index (κ2) is 12.3. The molecule has 1 aromatic carbocycles. The Kier molecular flexibility index (Phi) is 9.40. The van der Waals surface area contributed by atoms with Crippen LogP contribution in [-0.2, 0) is 44.6 Å². The molecule has 14 nitrogen and oxygen atoms in total. The molecule has 0 aliphatic heterocycles. The number of nitrogens with two attached hydrogens (primary N) is 1. The minimum Gasteiger partial charge on any atom is -0.390 e. The Morgan fingerprint density at radius 1 is 1.26 bits per heavy atom. The summed E-state index contributed by atoms with van der Waals surface area (Å²) in [4.78, 5) is 29.2. The molecular formula is C21H26F2N7O7P. The molecule has 0 spiro atoms. The van der Waals surface area contributed by atoms with Gasteiger partial charge in [0.1, 0.15) is 24.3 Å². The van der Waals surface area contributed by atoms with Crippen LogP contribution in [0.25, 0.3) is 0 Å². The first-order valence-corrected chi connectivity index (χ1v) is 12.6. The van der Waals surface area contributed by atoms with Gasteiger partial charge in [0.15, 0.2) is 0 Å². The summed E-state index contributed by atoms with van der Waals surface area (Å²) in [5.41, 5.74) is 5.04. The molecule has 3 rings (SSSR count). The summed E-state index contributed by atoms with van der Waals surface area (Å²) >= 11 is 0. The van der Waals surface area contributed by atoms with Gasteiger partial charge in [-0.25, -0.2) is 23.6 Å². The number of nitrogens with one attached hydrogen (secondary N) is 1. The molecule has 0 saturated carbocycles. The number of nitrogen functional groups attached to an aromatic ring is 1. The summed E-state index contributed by atoms with van der Waals surface area (Å²) in [6.07, 6.45) is -0.374. The van der Waals surface area contributed by atoms with E-state index in [4.69, 9.17) is 19.5 Å². The Balaban J connectivity index is 1.74. The standard InChI is InChI=1S/C21H26F2N7O7P/c1-28-16(12-25-19(28)30(32)33)13-36-38(34,26-11-15-6-4-3-5-7-15)37-14-17(35-2)10-21(22,23)29-9-8-18(24)27-20(29)31/h3-9,12,17H,10-11,13-14H2,1-2H3,(H,26,34)(H2,24,27,31). The number of halogens is 2. The van der Waals surface area contributed by atoms with Crippen LogP contribution in [-0.4, -0.2) is 43.8 Å².